The molecule has 172 valence electrons. The van der Waals surface area contributed by atoms with E-state index in [0.29, 0.717) is 35.1 Å². The molecule has 0 aliphatic carbocycles. The van der Waals surface area contributed by atoms with E-state index in [4.69, 9.17) is 16.3 Å². The van der Waals surface area contributed by atoms with Crippen LogP contribution in [0, 0.1) is 12.7 Å². The SMILES string of the molecule is Cc1nc(-c2ccc(F)cn2)n(COCC[Si](C)(C)C)c1-c1ccc(S(C)(=O)=O)cc1Cl. The molecule has 0 radical (unpaired) electrons. The van der Waals surface area contributed by atoms with E-state index in [1.165, 1.54) is 18.2 Å². The van der Waals surface area contributed by atoms with Crippen molar-refractivity contribution in [3.63, 3.8) is 0 Å². The van der Waals surface area contributed by atoms with Crippen LogP contribution in [0.25, 0.3) is 22.8 Å². The minimum atomic E-state index is -3.39. The maximum Gasteiger partial charge on any atom is 0.175 e. The van der Waals surface area contributed by atoms with Crippen LogP contribution in [-0.2, 0) is 21.3 Å². The number of aromatic nitrogens is 3. The molecule has 32 heavy (non-hydrogen) atoms. The molecule has 0 unspecified atom stereocenters. The predicted octanol–water partition coefficient (Wildman–Crippen LogP) is 5.43. The molecule has 0 N–H and O–H groups in total. The van der Waals surface area contributed by atoms with Crippen LogP contribution in [0.3, 0.4) is 0 Å². The van der Waals surface area contributed by atoms with E-state index in [9.17, 15) is 12.8 Å². The molecule has 0 spiro atoms. The third kappa shape index (κ3) is 5.83. The highest BCUT2D eigenvalue weighted by Gasteiger charge is 2.22. The number of aryl methyl sites for hydroxylation is 1. The topological polar surface area (TPSA) is 74.1 Å². The second kappa shape index (κ2) is 9.42. The number of sulfone groups is 1. The number of benzene rings is 1. The van der Waals surface area contributed by atoms with Crippen molar-refractivity contribution in [3.05, 3.63) is 53.1 Å². The van der Waals surface area contributed by atoms with Crippen LogP contribution < -0.4 is 0 Å². The summed E-state index contributed by atoms with van der Waals surface area (Å²) in [5, 5.41) is 0.290. The summed E-state index contributed by atoms with van der Waals surface area (Å²) in [7, 11) is -4.66. The van der Waals surface area contributed by atoms with Crippen molar-refractivity contribution in [2.45, 2.75) is 44.2 Å². The van der Waals surface area contributed by atoms with Gasteiger partial charge in [-0.3, -0.25) is 4.57 Å². The lowest BCUT2D eigenvalue weighted by molar-refractivity contribution is 0.0892. The summed E-state index contributed by atoms with van der Waals surface area (Å²) < 4.78 is 45.1. The van der Waals surface area contributed by atoms with Gasteiger partial charge in [-0.2, -0.15) is 0 Å². The molecule has 10 heteroatoms. The largest absolute Gasteiger partial charge is 0.361 e. The van der Waals surface area contributed by atoms with Gasteiger partial charge in [0.2, 0.25) is 0 Å². The number of pyridine rings is 1. The van der Waals surface area contributed by atoms with Gasteiger partial charge < -0.3 is 4.74 Å². The second-order valence-electron chi connectivity index (χ2n) is 8.92. The zero-order chi connectivity index (χ0) is 23.7. The van der Waals surface area contributed by atoms with Crippen molar-refractivity contribution >= 4 is 29.5 Å². The zero-order valence-corrected chi connectivity index (χ0v) is 21.4. The molecule has 3 aromatic rings. The summed E-state index contributed by atoms with van der Waals surface area (Å²) in [5.41, 5.74) is 2.50. The molecule has 0 aliphatic heterocycles. The highest BCUT2D eigenvalue weighted by Crippen LogP contribution is 2.35. The average Bonchev–Trinajstić information content (AvgIpc) is 3.00. The third-order valence-electron chi connectivity index (χ3n) is 4.94. The number of halogens is 2. The zero-order valence-electron chi connectivity index (χ0n) is 18.8. The molecule has 0 fully saturated rings. The van der Waals surface area contributed by atoms with Crippen molar-refractivity contribution in [2.75, 3.05) is 12.9 Å². The van der Waals surface area contributed by atoms with Gasteiger partial charge in [0.25, 0.3) is 0 Å². The summed E-state index contributed by atoms with van der Waals surface area (Å²) in [6, 6.07) is 8.53. The van der Waals surface area contributed by atoms with Gasteiger partial charge in [-0.15, -0.1) is 0 Å². The Bertz CT molecular complexity index is 1220. The molecule has 0 saturated heterocycles. The molecule has 0 aliphatic rings. The molecule has 6 nitrogen and oxygen atoms in total. The van der Waals surface area contributed by atoms with Gasteiger partial charge in [-0.25, -0.2) is 22.8 Å². The Labute approximate surface area is 194 Å². The Morgan fingerprint density at radius 2 is 1.91 bits per heavy atom. The first-order valence-electron chi connectivity index (χ1n) is 10.1. The number of imidazole rings is 1. The van der Waals surface area contributed by atoms with E-state index in [0.717, 1.165) is 18.5 Å². The fraction of sp³-hybridized carbons (Fsp3) is 0.364. The maximum absolute atomic E-state index is 13.4. The molecule has 0 atom stereocenters. The molecule has 0 saturated carbocycles. The van der Waals surface area contributed by atoms with Gasteiger partial charge in [0.15, 0.2) is 15.7 Å². The van der Waals surface area contributed by atoms with E-state index in [1.807, 2.05) is 11.5 Å². The Morgan fingerprint density at radius 3 is 2.47 bits per heavy atom. The Balaban J connectivity index is 2.08. The summed E-state index contributed by atoms with van der Waals surface area (Å²) >= 11 is 6.51. The monoisotopic (exact) mass is 495 g/mol. The standard InChI is InChI=1S/C22H27ClFN3O3SSi/c1-15-21(18-8-7-17(12-19(18)23)31(2,28)29)27(14-30-10-11-32(3,4)5)22(26-15)20-9-6-16(24)13-25-20/h6-9,12-13H,10-11,14H2,1-5H3. The lowest BCUT2D eigenvalue weighted by Gasteiger charge is -2.18. The van der Waals surface area contributed by atoms with Crippen LogP contribution in [0.1, 0.15) is 5.69 Å². The van der Waals surface area contributed by atoms with Crippen molar-refractivity contribution < 1.29 is 17.5 Å². The number of rotatable bonds is 8. The van der Waals surface area contributed by atoms with Gasteiger partial charge >= 0.3 is 0 Å². The summed E-state index contributed by atoms with van der Waals surface area (Å²) in [6.45, 7) is 9.48. The van der Waals surface area contributed by atoms with Crippen molar-refractivity contribution in [1.82, 2.24) is 14.5 Å². The predicted molar refractivity (Wildman–Crippen MR) is 128 cm³/mol. The van der Waals surface area contributed by atoms with Gasteiger partial charge in [-0.1, -0.05) is 37.3 Å². The van der Waals surface area contributed by atoms with E-state index in [2.05, 4.69) is 29.6 Å². The number of hydrogen-bond donors (Lipinski definition) is 0. The molecular weight excluding hydrogens is 469 g/mol. The normalized spacial score (nSPS) is 12.3. The Kier molecular flexibility index (Phi) is 7.24. The first-order chi connectivity index (χ1) is 14.9. The van der Waals surface area contributed by atoms with Crippen molar-refractivity contribution in [1.29, 1.82) is 0 Å². The summed E-state index contributed by atoms with van der Waals surface area (Å²) in [5.74, 6) is 0.0864. The molecule has 0 bridgehead atoms. The van der Waals surface area contributed by atoms with Crippen LogP contribution in [0.2, 0.25) is 30.7 Å². The minimum Gasteiger partial charge on any atom is -0.361 e. The number of hydrogen-bond acceptors (Lipinski definition) is 5. The van der Waals surface area contributed by atoms with Gasteiger partial charge in [0, 0.05) is 26.5 Å². The quantitative estimate of drug-likeness (QED) is 0.308. The second-order valence-corrected chi connectivity index (χ2v) is 17.0. The maximum atomic E-state index is 13.4. The van der Waals surface area contributed by atoms with Crippen LogP contribution in [-0.4, -0.2) is 43.9 Å². The fourth-order valence-electron chi connectivity index (χ4n) is 3.20. The molecule has 0 amide bonds. The number of ether oxygens (including phenoxy) is 1. The van der Waals surface area contributed by atoms with E-state index in [-0.39, 0.29) is 16.6 Å². The van der Waals surface area contributed by atoms with E-state index >= 15 is 0 Å². The summed E-state index contributed by atoms with van der Waals surface area (Å²) in [4.78, 5) is 8.97. The fourth-order valence-corrected chi connectivity index (χ4v) is 4.93. The highest BCUT2D eigenvalue weighted by atomic mass is 35.5. The molecule has 3 rings (SSSR count). The smallest absolute Gasteiger partial charge is 0.175 e. The summed E-state index contributed by atoms with van der Waals surface area (Å²) in [6.07, 6.45) is 2.28. The highest BCUT2D eigenvalue weighted by molar-refractivity contribution is 7.90. The molecule has 2 heterocycles. The molecule has 1 aromatic carbocycles. The van der Waals surface area contributed by atoms with Gasteiger partial charge in [0.1, 0.15) is 18.2 Å². The van der Waals surface area contributed by atoms with Crippen molar-refractivity contribution in [3.8, 4) is 22.8 Å². The third-order valence-corrected chi connectivity index (χ3v) is 8.07. The van der Waals surface area contributed by atoms with Gasteiger partial charge in [-0.05, 0) is 37.2 Å². The number of nitrogens with zero attached hydrogens (tertiary/aromatic N) is 3. The first-order valence-corrected chi connectivity index (χ1v) is 16.1. The lowest BCUT2D eigenvalue weighted by atomic mass is 10.1. The van der Waals surface area contributed by atoms with Crippen molar-refractivity contribution in [2.24, 2.45) is 0 Å². The van der Waals surface area contributed by atoms with E-state index < -0.39 is 23.7 Å². The molecular formula is C22H27ClFN3O3SSi. The minimum absolute atomic E-state index is 0.141. The average molecular weight is 496 g/mol. The van der Waals surface area contributed by atoms with Gasteiger partial charge in [0.05, 0.1) is 27.5 Å². The van der Waals surface area contributed by atoms with Crippen LogP contribution >= 0.6 is 11.6 Å². The molecule has 2 aromatic heterocycles. The van der Waals surface area contributed by atoms with Crippen LogP contribution in [0.5, 0.6) is 0 Å². The lowest BCUT2D eigenvalue weighted by Crippen LogP contribution is -2.22. The van der Waals surface area contributed by atoms with Crippen LogP contribution in [0.15, 0.2) is 41.4 Å². The van der Waals surface area contributed by atoms with Crippen LogP contribution in [0.4, 0.5) is 4.39 Å². The Hall–Kier alpha value is -2.07. The van der Waals surface area contributed by atoms with E-state index in [1.54, 1.807) is 12.1 Å². The Morgan fingerprint density at radius 1 is 1.19 bits per heavy atom. The first kappa shape index (κ1) is 24.6.